The molecular weight excluding hydrogens is 276 g/mol. The van der Waals surface area contributed by atoms with Gasteiger partial charge in [-0.3, -0.25) is 0 Å². The van der Waals surface area contributed by atoms with Crippen molar-refractivity contribution >= 4 is 11.3 Å². The highest BCUT2D eigenvalue weighted by molar-refractivity contribution is 7.09. The first-order valence-corrected chi connectivity index (χ1v) is 8.34. The zero-order valence-electron chi connectivity index (χ0n) is 13.5. The molecule has 1 N–H and O–H groups in total. The Kier molecular flexibility index (Phi) is 5.57. The summed E-state index contributed by atoms with van der Waals surface area (Å²) >= 11 is 1.83. The van der Waals surface area contributed by atoms with Gasteiger partial charge in [0.2, 0.25) is 0 Å². The van der Waals surface area contributed by atoms with Crippen LogP contribution in [0.1, 0.15) is 30.3 Å². The summed E-state index contributed by atoms with van der Waals surface area (Å²) in [5, 5.41) is 5.65. The highest BCUT2D eigenvalue weighted by atomic mass is 32.1. The maximum absolute atomic E-state index is 3.50. The average molecular weight is 302 g/mol. The Morgan fingerprint density at radius 2 is 1.86 bits per heavy atom. The molecule has 2 rings (SSSR count). The van der Waals surface area contributed by atoms with Crippen LogP contribution < -0.4 is 5.32 Å². The van der Waals surface area contributed by atoms with Crippen LogP contribution in [0.5, 0.6) is 0 Å². The van der Waals surface area contributed by atoms with E-state index in [0.717, 1.165) is 13.1 Å². The lowest BCUT2D eigenvalue weighted by Gasteiger charge is -2.37. The van der Waals surface area contributed by atoms with Gasteiger partial charge in [-0.25, -0.2) is 0 Å². The van der Waals surface area contributed by atoms with Crippen molar-refractivity contribution in [1.29, 1.82) is 0 Å². The van der Waals surface area contributed by atoms with Gasteiger partial charge in [0.1, 0.15) is 0 Å². The molecule has 1 heterocycles. The van der Waals surface area contributed by atoms with E-state index in [1.165, 1.54) is 10.4 Å². The number of nitrogens with one attached hydrogen (secondary N) is 1. The molecule has 0 saturated carbocycles. The quantitative estimate of drug-likeness (QED) is 0.826. The minimum Gasteiger partial charge on any atom is -0.313 e. The third-order valence-corrected chi connectivity index (χ3v) is 4.75. The number of benzene rings is 1. The Balaban J connectivity index is 2.05. The minimum atomic E-state index is 0.155. The molecule has 0 aliphatic rings. The van der Waals surface area contributed by atoms with Crippen molar-refractivity contribution in [3.05, 3.63) is 58.3 Å². The molecule has 1 atom stereocenters. The van der Waals surface area contributed by atoms with Gasteiger partial charge in [-0.15, -0.1) is 11.3 Å². The molecule has 1 aromatic carbocycles. The summed E-state index contributed by atoms with van der Waals surface area (Å²) < 4.78 is 0. The van der Waals surface area contributed by atoms with Crippen LogP contribution >= 0.6 is 11.3 Å². The van der Waals surface area contributed by atoms with Crippen LogP contribution in [0.15, 0.2) is 47.8 Å². The van der Waals surface area contributed by atoms with Crippen LogP contribution in [0.3, 0.4) is 0 Å². The molecule has 1 unspecified atom stereocenters. The fourth-order valence-corrected chi connectivity index (χ4v) is 3.95. The Bertz CT molecular complexity index is 519. The summed E-state index contributed by atoms with van der Waals surface area (Å²) in [4.78, 5) is 3.84. The Labute approximate surface area is 132 Å². The topological polar surface area (TPSA) is 15.3 Å². The molecule has 2 nitrogen and oxygen atoms in total. The van der Waals surface area contributed by atoms with Crippen LogP contribution in [0.4, 0.5) is 0 Å². The van der Waals surface area contributed by atoms with Crippen molar-refractivity contribution in [2.24, 2.45) is 5.41 Å². The lowest BCUT2D eigenvalue weighted by Crippen LogP contribution is -2.40. The predicted octanol–water partition coefficient (Wildman–Crippen LogP) is 4.17. The summed E-state index contributed by atoms with van der Waals surface area (Å²) in [5.41, 5.74) is 1.51. The largest absolute Gasteiger partial charge is 0.313 e. The molecule has 0 saturated heterocycles. The van der Waals surface area contributed by atoms with E-state index in [1.807, 2.05) is 11.3 Å². The molecule has 2 aromatic rings. The standard InChI is InChI=1S/C18H26N2S/c1-18(2,14-20(4)13-16-11-8-12-21-16)17(19-3)15-9-6-5-7-10-15/h5-12,17,19H,13-14H2,1-4H3. The number of hydrogen-bond acceptors (Lipinski definition) is 3. The van der Waals surface area contributed by atoms with Crippen LogP contribution in [-0.4, -0.2) is 25.5 Å². The van der Waals surface area contributed by atoms with Gasteiger partial charge in [-0.1, -0.05) is 50.2 Å². The number of nitrogens with zero attached hydrogens (tertiary/aromatic N) is 1. The Morgan fingerprint density at radius 3 is 2.43 bits per heavy atom. The smallest absolute Gasteiger partial charge is 0.0381 e. The SMILES string of the molecule is CNC(c1ccccc1)C(C)(C)CN(C)Cc1cccs1. The molecule has 0 aliphatic carbocycles. The van der Waals surface area contributed by atoms with Crippen molar-refractivity contribution in [3.8, 4) is 0 Å². The second kappa shape index (κ2) is 7.21. The predicted molar refractivity (Wildman–Crippen MR) is 92.7 cm³/mol. The molecule has 0 bridgehead atoms. The highest BCUT2D eigenvalue weighted by Gasteiger charge is 2.30. The lowest BCUT2D eigenvalue weighted by atomic mass is 9.80. The van der Waals surface area contributed by atoms with E-state index >= 15 is 0 Å². The van der Waals surface area contributed by atoms with E-state index in [9.17, 15) is 0 Å². The third-order valence-electron chi connectivity index (χ3n) is 3.89. The van der Waals surface area contributed by atoms with E-state index in [-0.39, 0.29) is 5.41 Å². The third kappa shape index (κ3) is 4.40. The summed E-state index contributed by atoms with van der Waals surface area (Å²) in [5.74, 6) is 0. The van der Waals surface area contributed by atoms with Gasteiger partial charge in [0.25, 0.3) is 0 Å². The molecule has 21 heavy (non-hydrogen) atoms. The molecular formula is C18H26N2S. The van der Waals surface area contributed by atoms with Gasteiger partial charge in [-0.05, 0) is 36.5 Å². The molecule has 0 aliphatic heterocycles. The molecule has 3 heteroatoms. The van der Waals surface area contributed by atoms with Gasteiger partial charge < -0.3 is 10.2 Å². The van der Waals surface area contributed by atoms with Gasteiger partial charge in [0.15, 0.2) is 0 Å². The van der Waals surface area contributed by atoms with E-state index in [0.29, 0.717) is 6.04 Å². The first kappa shape index (κ1) is 16.2. The monoisotopic (exact) mass is 302 g/mol. The fraction of sp³-hybridized carbons (Fsp3) is 0.444. The fourth-order valence-electron chi connectivity index (χ4n) is 3.17. The molecule has 0 radical (unpaired) electrons. The molecule has 0 amide bonds. The maximum atomic E-state index is 3.50. The zero-order chi connectivity index (χ0) is 15.3. The van der Waals surface area contributed by atoms with E-state index in [2.05, 4.69) is 86.0 Å². The van der Waals surface area contributed by atoms with Crippen LogP contribution in [0.25, 0.3) is 0 Å². The number of hydrogen-bond donors (Lipinski definition) is 1. The first-order valence-electron chi connectivity index (χ1n) is 7.46. The van der Waals surface area contributed by atoms with Crippen LogP contribution in [0, 0.1) is 5.41 Å². The summed E-state index contributed by atoms with van der Waals surface area (Å²) in [6.45, 7) is 6.75. The summed E-state index contributed by atoms with van der Waals surface area (Å²) in [7, 11) is 4.26. The van der Waals surface area contributed by atoms with E-state index in [1.54, 1.807) is 0 Å². The van der Waals surface area contributed by atoms with Crippen molar-refractivity contribution in [2.75, 3.05) is 20.6 Å². The van der Waals surface area contributed by atoms with Crippen molar-refractivity contribution in [2.45, 2.75) is 26.4 Å². The van der Waals surface area contributed by atoms with E-state index in [4.69, 9.17) is 0 Å². The van der Waals surface area contributed by atoms with Crippen molar-refractivity contribution in [3.63, 3.8) is 0 Å². The lowest BCUT2D eigenvalue weighted by molar-refractivity contribution is 0.157. The molecule has 0 spiro atoms. The Morgan fingerprint density at radius 1 is 1.14 bits per heavy atom. The van der Waals surface area contributed by atoms with Crippen LogP contribution in [-0.2, 0) is 6.54 Å². The van der Waals surface area contributed by atoms with Gasteiger partial charge in [-0.2, -0.15) is 0 Å². The average Bonchev–Trinajstić information content (AvgIpc) is 2.92. The zero-order valence-corrected chi connectivity index (χ0v) is 14.3. The number of thiophene rings is 1. The first-order chi connectivity index (χ1) is 10.0. The molecule has 114 valence electrons. The van der Waals surface area contributed by atoms with Crippen molar-refractivity contribution < 1.29 is 0 Å². The molecule has 1 aromatic heterocycles. The second-order valence-electron chi connectivity index (χ2n) is 6.37. The van der Waals surface area contributed by atoms with Gasteiger partial charge >= 0.3 is 0 Å². The molecule has 0 fully saturated rings. The van der Waals surface area contributed by atoms with Gasteiger partial charge in [0, 0.05) is 24.0 Å². The van der Waals surface area contributed by atoms with Gasteiger partial charge in [0.05, 0.1) is 0 Å². The Hall–Kier alpha value is -1.16. The normalized spacial score (nSPS) is 13.6. The van der Waals surface area contributed by atoms with Crippen LogP contribution in [0.2, 0.25) is 0 Å². The highest BCUT2D eigenvalue weighted by Crippen LogP contribution is 2.34. The number of rotatable bonds is 7. The van der Waals surface area contributed by atoms with E-state index < -0.39 is 0 Å². The summed E-state index contributed by atoms with van der Waals surface area (Å²) in [6, 6.07) is 15.4. The second-order valence-corrected chi connectivity index (χ2v) is 7.40. The minimum absolute atomic E-state index is 0.155. The summed E-state index contributed by atoms with van der Waals surface area (Å²) in [6.07, 6.45) is 0. The maximum Gasteiger partial charge on any atom is 0.0381 e. The van der Waals surface area contributed by atoms with Crippen molar-refractivity contribution in [1.82, 2.24) is 10.2 Å².